The molecule has 2 N–H and O–H groups in total. The molecular weight excluding hydrogens is 348 g/mol. The van der Waals surface area contributed by atoms with Crippen LogP contribution in [-0.2, 0) is 0 Å². The second kappa shape index (κ2) is 6.01. The van der Waals surface area contributed by atoms with Crippen LogP contribution in [0, 0.1) is 11.6 Å². The highest BCUT2D eigenvalue weighted by Gasteiger charge is 2.15. The van der Waals surface area contributed by atoms with Crippen molar-refractivity contribution < 1.29 is 23.5 Å². The van der Waals surface area contributed by atoms with Gasteiger partial charge in [0.1, 0.15) is 5.69 Å². The number of nitrogens with one attached hydrogen (secondary N) is 1. The molecule has 4 nitrogen and oxygen atoms in total. The molecule has 0 aliphatic carbocycles. The lowest BCUT2D eigenvalue weighted by molar-refractivity contribution is 0.0696. The van der Waals surface area contributed by atoms with Crippen LogP contribution in [0.3, 0.4) is 0 Å². The fourth-order valence-electron chi connectivity index (χ4n) is 1.61. The van der Waals surface area contributed by atoms with Gasteiger partial charge < -0.3 is 10.4 Å². The molecule has 2 aromatic rings. The Morgan fingerprint density at radius 3 is 1.95 bits per heavy atom. The summed E-state index contributed by atoms with van der Waals surface area (Å²) >= 11 is 2.93. The molecule has 1 amide bonds. The normalized spacial score (nSPS) is 10.2. The van der Waals surface area contributed by atoms with Gasteiger partial charge in [-0.25, -0.2) is 13.6 Å². The molecule has 0 heterocycles. The van der Waals surface area contributed by atoms with Crippen LogP contribution in [0.1, 0.15) is 20.7 Å². The van der Waals surface area contributed by atoms with Crippen molar-refractivity contribution in [3.63, 3.8) is 0 Å². The lowest BCUT2D eigenvalue weighted by Crippen LogP contribution is -2.14. The molecule has 0 saturated heterocycles. The van der Waals surface area contributed by atoms with E-state index in [0.717, 1.165) is 12.1 Å². The van der Waals surface area contributed by atoms with Crippen LogP contribution in [0.15, 0.2) is 40.9 Å². The molecule has 0 fully saturated rings. The molecule has 0 spiro atoms. The third-order valence-corrected chi connectivity index (χ3v) is 3.10. The van der Waals surface area contributed by atoms with E-state index in [-0.39, 0.29) is 15.6 Å². The SMILES string of the molecule is O=C(O)c1ccc(C(=O)Nc2c(F)cc(Br)cc2F)cc1. The highest BCUT2D eigenvalue weighted by molar-refractivity contribution is 9.10. The van der Waals surface area contributed by atoms with Crippen molar-refractivity contribution in [2.75, 3.05) is 5.32 Å². The third kappa shape index (κ3) is 3.43. The molecule has 0 aliphatic rings. The second-order valence-corrected chi connectivity index (χ2v) is 5.00. The van der Waals surface area contributed by atoms with Gasteiger partial charge in [-0.3, -0.25) is 4.79 Å². The zero-order chi connectivity index (χ0) is 15.6. The third-order valence-electron chi connectivity index (χ3n) is 2.64. The average Bonchev–Trinajstić information content (AvgIpc) is 2.42. The Morgan fingerprint density at radius 2 is 1.48 bits per heavy atom. The molecule has 2 rings (SSSR count). The first kappa shape index (κ1) is 15.1. The molecule has 108 valence electrons. The minimum Gasteiger partial charge on any atom is -0.478 e. The highest BCUT2D eigenvalue weighted by atomic mass is 79.9. The smallest absolute Gasteiger partial charge is 0.335 e. The average molecular weight is 356 g/mol. The maximum Gasteiger partial charge on any atom is 0.335 e. The van der Waals surface area contributed by atoms with Gasteiger partial charge in [0.05, 0.1) is 5.56 Å². The minimum atomic E-state index is -1.13. The molecule has 0 saturated carbocycles. The molecule has 7 heteroatoms. The summed E-state index contributed by atoms with van der Waals surface area (Å²) in [5.74, 6) is -3.71. The zero-order valence-electron chi connectivity index (χ0n) is 10.4. The molecule has 2 aromatic carbocycles. The largest absolute Gasteiger partial charge is 0.478 e. The summed E-state index contributed by atoms with van der Waals surface area (Å²) in [5, 5.41) is 10.9. The summed E-state index contributed by atoms with van der Waals surface area (Å²) < 4.78 is 27.4. The molecule has 0 aromatic heterocycles. The van der Waals surface area contributed by atoms with E-state index in [1.54, 1.807) is 0 Å². The van der Waals surface area contributed by atoms with Crippen LogP contribution < -0.4 is 5.32 Å². The van der Waals surface area contributed by atoms with Crippen LogP contribution in [0.25, 0.3) is 0 Å². The van der Waals surface area contributed by atoms with Crippen LogP contribution in [0.2, 0.25) is 0 Å². The Labute approximate surface area is 126 Å². The number of anilines is 1. The maximum absolute atomic E-state index is 13.6. The van der Waals surface area contributed by atoms with Crippen molar-refractivity contribution in [3.05, 3.63) is 63.6 Å². The Balaban J connectivity index is 2.24. The van der Waals surface area contributed by atoms with Crippen molar-refractivity contribution in [3.8, 4) is 0 Å². The molecule has 0 bridgehead atoms. The number of carboxylic acids is 1. The summed E-state index contributed by atoms with van der Waals surface area (Å²) in [5.41, 5.74) is -0.472. The van der Waals surface area contributed by atoms with E-state index in [2.05, 4.69) is 21.2 Å². The molecule has 0 unspecified atom stereocenters. The predicted molar refractivity (Wildman–Crippen MR) is 75.4 cm³/mol. The van der Waals surface area contributed by atoms with Crippen molar-refractivity contribution in [2.24, 2.45) is 0 Å². The number of benzene rings is 2. The summed E-state index contributed by atoms with van der Waals surface area (Å²) in [4.78, 5) is 22.6. The van der Waals surface area contributed by atoms with Gasteiger partial charge in [0.25, 0.3) is 5.91 Å². The standard InChI is InChI=1S/C14H8BrF2NO3/c15-9-5-10(16)12(11(17)6-9)18-13(19)7-1-3-8(4-2-7)14(20)21/h1-6H,(H,18,19)(H,20,21). The number of hydrogen-bond donors (Lipinski definition) is 2. The summed E-state index contributed by atoms with van der Waals surface area (Å²) in [7, 11) is 0. The zero-order valence-corrected chi connectivity index (χ0v) is 11.9. The van der Waals surface area contributed by atoms with Crippen molar-refractivity contribution in [2.45, 2.75) is 0 Å². The van der Waals surface area contributed by atoms with Crippen molar-refractivity contribution >= 4 is 33.5 Å². The summed E-state index contributed by atoms with van der Waals surface area (Å²) in [6.45, 7) is 0. The van der Waals surface area contributed by atoms with Crippen molar-refractivity contribution in [1.82, 2.24) is 0 Å². The maximum atomic E-state index is 13.6. The number of rotatable bonds is 3. The van der Waals surface area contributed by atoms with Gasteiger partial charge in [-0.1, -0.05) is 15.9 Å². The first-order chi connectivity index (χ1) is 9.88. The van der Waals surface area contributed by atoms with Crippen LogP contribution in [0.4, 0.5) is 14.5 Å². The number of carbonyl (C=O) groups is 2. The Morgan fingerprint density at radius 1 is 1.00 bits per heavy atom. The lowest BCUT2D eigenvalue weighted by atomic mass is 10.1. The van der Waals surface area contributed by atoms with E-state index in [0.29, 0.717) is 0 Å². The molecule has 21 heavy (non-hydrogen) atoms. The number of halogens is 3. The van der Waals surface area contributed by atoms with E-state index in [1.165, 1.54) is 24.3 Å². The molecular formula is C14H8BrF2NO3. The van der Waals surface area contributed by atoms with Gasteiger partial charge in [0.2, 0.25) is 0 Å². The Hall–Kier alpha value is -2.28. The van der Waals surface area contributed by atoms with Gasteiger partial charge in [-0.15, -0.1) is 0 Å². The first-order valence-corrected chi connectivity index (χ1v) is 6.47. The van der Waals surface area contributed by atoms with Gasteiger partial charge in [0.15, 0.2) is 11.6 Å². The number of hydrogen-bond acceptors (Lipinski definition) is 2. The van der Waals surface area contributed by atoms with Crippen LogP contribution in [0.5, 0.6) is 0 Å². The highest BCUT2D eigenvalue weighted by Crippen LogP contribution is 2.24. The van der Waals surface area contributed by atoms with Gasteiger partial charge in [-0.05, 0) is 36.4 Å². The molecule has 0 aliphatic heterocycles. The van der Waals surface area contributed by atoms with Crippen LogP contribution in [-0.4, -0.2) is 17.0 Å². The lowest BCUT2D eigenvalue weighted by Gasteiger charge is -2.08. The van der Waals surface area contributed by atoms with E-state index in [1.807, 2.05) is 0 Å². The topological polar surface area (TPSA) is 66.4 Å². The van der Waals surface area contributed by atoms with Gasteiger partial charge in [0, 0.05) is 10.0 Å². The fourth-order valence-corrected chi connectivity index (χ4v) is 2.01. The van der Waals surface area contributed by atoms with E-state index < -0.39 is 29.2 Å². The van der Waals surface area contributed by atoms with E-state index in [4.69, 9.17) is 5.11 Å². The molecule has 0 radical (unpaired) electrons. The van der Waals surface area contributed by atoms with Gasteiger partial charge >= 0.3 is 5.97 Å². The Bertz CT molecular complexity index is 694. The number of carboxylic acid groups (broad SMARTS) is 1. The second-order valence-electron chi connectivity index (χ2n) is 4.08. The first-order valence-electron chi connectivity index (χ1n) is 5.67. The number of carbonyl (C=O) groups excluding carboxylic acids is 1. The van der Waals surface area contributed by atoms with E-state index in [9.17, 15) is 18.4 Å². The van der Waals surface area contributed by atoms with E-state index >= 15 is 0 Å². The minimum absolute atomic E-state index is 0.00699. The quantitative estimate of drug-likeness (QED) is 0.882. The fraction of sp³-hybridized carbons (Fsp3) is 0. The molecule has 0 atom stereocenters. The number of aromatic carboxylic acids is 1. The van der Waals surface area contributed by atoms with Gasteiger partial charge in [-0.2, -0.15) is 0 Å². The van der Waals surface area contributed by atoms with Crippen LogP contribution >= 0.6 is 15.9 Å². The number of amides is 1. The summed E-state index contributed by atoms with van der Waals surface area (Å²) in [6, 6.07) is 7.01. The summed E-state index contributed by atoms with van der Waals surface area (Å²) in [6.07, 6.45) is 0. The monoisotopic (exact) mass is 355 g/mol. The Kier molecular flexibility index (Phi) is 4.32. The van der Waals surface area contributed by atoms with Crippen molar-refractivity contribution in [1.29, 1.82) is 0 Å². The predicted octanol–water partition coefficient (Wildman–Crippen LogP) is 3.68.